The number of hydrogen-bond acceptors (Lipinski definition) is 2. The van der Waals surface area contributed by atoms with Crippen LogP contribution < -0.4 is 9.64 Å². The fourth-order valence-corrected chi connectivity index (χ4v) is 2.97. The Morgan fingerprint density at radius 1 is 1.29 bits per heavy atom. The van der Waals surface area contributed by atoms with Gasteiger partial charge in [-0.1, -0.05) is 35.9 Å². The first-order chi connectivity index (χ1) is 10.2. The molecule has 1 aliphatic heterocycles. The van der Waals surface area contributed by atoms with Gasteiger partial charge in [0.1, 0.15) is 5.75 Å². The Balaban J connectivity index is 1.77. The summed E-state index contributed by atoms with van der Waals surface area (Å²) in [7, 11) is 1.58. The minimum absolute atomic E-state index is 0.0983. The summed E-state index contributed by atoms with van der Waals surface area (Å²) in [6, 6.07) is 13.5. The summed E-state index contributed by atoms with van der Waals surface area (Å²) >= 11 is 6.10. The molecular weight excluding hydrogens is 286 g/mol. The molecule has 0 aliphatic carbocycles. The minimum Gasteiger partial charge on any atom is -0.495 e. The van der Waals surface area contributed by atoms with Crippen LogP contribution in [0.5, 0.6) is 5.75 Å². The summed E-state index contributed by atoms with van der Waals surface area (Å²) in [6.07, 6.45) is 1.27. The van der Waals surface area contributed by atoms with Crippen LogP contribution in [0.25, 0.3) is 0 Å². The number of benzene rings is 2. The summed E-state index contributed by atoms with van der Waals surface area (Å²) < 4.78 is 5.12. The van der Waals surface area contributed by atoms with E-state index in [-0.39, 0.29) is 5.91 Å². The van der Waals surface area contributed by atoms with Gasteiger partial charge in [-0.25, -0.2) is 0 Å². The SMILES string of the molecule is COc1ccc(CC(=O)N2CCc3ccccc32)cc1Cl. The molecule has 0 atom stereocenters. The molecule has 0 saturated carbocycles. The molecule has 0 N–H and O–H groups in total. The van der Waals surface area contributed by atoms with Crippen molar-refractivity contribution >= 4 is 23.2 Å². The van der Waals surface area contributed by atoms with Crippen LogP contribution in [0.1, 0.15) is 11.1 Å². The lowest BCUT2D eigenvalue weighted by Crippen LogP contribution is -2.30. The van der Waals surface area contributed by atoms with Gasteiger partial charge >= 0.3 is 0 Å². The molecular formula is C17H16ClNO2. The smallest absolute Gasteiger partial charge is 0.231 e. The second-order valence-corrected chi connectivity index (χ2v) is 5.48. The Kier molecular flexibility index (Phi) is 3.84. The van der Waals surface area contributed by atoms with Crippen molar-refractivity contribution in [2.24, 2.45) is 0 Å². The van der Waals surface area contributed by atoms with Crippen LogP contribution in [0.3, 0.4) is 0 Å². The molecule has 3 rings (SSSR count). The summed E-state index contributed by atoms with van der Waals surface area (Å²) in [5, 5.41) is 0.532. The summed E-state index contributed by atoms with van der Waals surface area (Å²) in [5.74, 6) is 0.723. The van der Waals surface area contributed by atoms with E-state index in [4.69, 9.17) is 16.3 Å². The van der Waals surface area contributed by atoms with Gasteiger partial charge in [0.2, 0.25) is 5.91 Å². The second kappa shape index (κ2) is 5.78. The van der Waals surface area contributed by atoms with Crippen LogP contribution in [0.4, 0.5) is 5.69 Å². The average Bonchev–Trinajstić information content (AvgIpc) is 2.91. The normalized spacial score (nSPS) is 13.1. The lowest BCUT2D eigenvalue weighted by molar-refractivity contribution is -0.117. The van der Waals surface area contributed by atoms with Crippen LogP contribution in [-0.4, -0.2) is 19.6 Å². The summed E-state index contributed by atoms with van der Waals surface area (Å²) in [6.45, 7) is 0.752. The maximum Gasteiger partial charge on any atom is 0.231 e. The highest BCUT2D eigenvalue weighted by atomic mass is 35.5. The number of rotatable bonds is 3. The first-order valence-electron chi connectivity index (χ1n) is 6.89. The third-order valence-electron chi connectivity index (χ3n) is 3.76. The molecule has 1 aliphatic rings. The van der Waals surface area contributed by atoms with E-state index in [1.165, 1.54) is 5.56 Å². The zero-order valence-corrected chi connectivity index (χ0v) is 12.6. The highest BCUT2D eigenvalue weighted by molar-refractivity contribution is 6.32. The lowest BCUT2D eigenvalue weighted by atomic mass is 10.1. The standard InChI is InChI=1S/C17H16ClNO2/c1-21-16-7-6-12(10-14(16)18)11-17(20)19-9-8-13-4-2-3-5-15(13)19/h2-7,10H,8-9,11H2,1H3. The molecule has 1 amide bonds. The predicted molar refractivity (Wildman–Crippen MR) is 84.2 cm³/mol. The van der Waals surface area contributed by atoms with Gasteiger partial charge in [-0.15, -0.1) is 0 Å². The van der Waals surface area contributed by atoms with Gasteiger partial charge in [0.15, 0.2) is 0 Å². The molecule has 0 spiro atoms. The Bertz CT molecular complexity index is 684. The van der Waals surface area contributed by atoms with E-state index in [0.717, 1.165) is 24.2 Å². The Hall–Kier alpha value is -2.00. The molecule has 0 fully saturated rings. The van der Waals surface area contributed by atoms with Crippen LogP contribution in [0.15, 0.2) is 42.5 Å². The maximum atomic E-state index is 12.5. The number of anilines is 1. The van der Waals surface area contributed by atoms with Crippen molar-refractivity contribution in [3.05, 3.63) is 58.6 Å². The number of ether oxygens (including phenoxy) is 1. The van der Waals surface area contributed by atoms with Gasteiger partial charge in [-0.3, -0.25) is 4.79 Å². The van der Waals surface area contributed by atoms with Crippen molar-refractivity contribution in [3.63, 3.8) is 0 Å². The number of methoxy groups -OCH3 is 1. The van der Waals surface area contributed by atoms with E-state index < -0.39 is 0 Å². The fraction of sp³-hybridized carbons (Fsp3) is 0.235. The van der Waals surface area contributed by atoms with Gasteiger partial charge in [-0.05, 0) is 35.7 Å². The summed E-state index contributed by atoms with van der Waals surface area (Å²) in [4.78, 5) is 14.3. The molecule has 0 saturated heterocycles. The van der Waals surface area contributed by atoms with Crippen LogP contribution >= 0.6 is 11.6 Å². The number of fused-ring (bicyclic) bond motifs is 1. The topological polar surface area (TPSA) is 29.5 Å². The first kappa shape index (κ1) is 14.0. The van der Waals surface area contributed by atoms with E-state index in [9.17, 15) is 4.79 Å². The van der Waals surface area contributed by atoms with Crippen molar-refractivity contribution in [1.29, 1.82) is 0 Å². The minimum atomic E-state index is 0.0983. The molecule has 4 heteroatoms. The quantitative estimate of drug-likeness (QED) is 0.868. The fourth-order valence-electron chi connectivity index (χ4n) is 2.69. The van der Waals surface area contributed by atoms with Crippen molar-refractivity contribution in [3.8, 4) is 5.75 Å². The van der Waals surface area contributed by atoms with Crippen molar-refractivity contribution in [2.45, 2.75) is 12.8 Å². The molecule has 0 aromatic heterocycles. The Labute approximate surface area is 129 Å². The maximum absolute atomic E-state index is 12.5. The highest BCUT2D eigenvalue weighted by Gasteiger charge is 2.24. The third kappa shape index (κ3) is 2.74. The first-order valence-corrected chi connectivity index (χ1v) is 7.27. The number of para-hydroxylation sites is 1. The number of carbonyl (C=O) groups is 1. The average molecular weight is 302 g/mol. The molecule has 1 heterocycles. The molecule has 2 aromatic carbocycles. The monoisotopic (exact) mass is 301 g/mol. The van der Waals surface area contributed by atoms with Gasteiger partial charge in [0.25, 0.3) is 0 Å². The zero-order valence-electron chi connectivity index (χ0n) is 11.8. The molecule has 108 valence electrons. The van der Waals surface area contributed by atoms with Crippen molar-refractivity contribution < 1.29 is 9.53 Å². The lowest BCUT2D eigenvalue weighted by Gasteiger charge is -2.17. The number of nitrogens with zero attached hydrogens (tertiary/aromatic N) is 1. The van der Waals surface area contributed by atoms with E-state index in [1.807, 2.05) is 29.2 Å². The van der Waals surface area contributed by atoms with Gasteiger partial charge < -0.3 is 9.64 Å². The third-order valence-corrected chi connectivity index (χ3v) is 4.06. The second-order valence-electron chi connectivity index (χ2n) is 5.07. The predicted octanol–water partition coefficient (Wildman–Crippen LogP) is 3.48. The van der Waals surface area contributed by atoms with Crippen molar-refractivity contribution in [2.75, 3.05) is 18.6 Å². The van der Waals surface area contributed by atoms with Gasteiger partial charge in [-0.2, -0.15) is 0 Å². The van der Waals surface area contributed by atoms with Gasteiger partial charge in [0, 0.05) is 12.2 Å². The molecule has 0 unspecified atom stereocenters. The van der Waals surface area contributed by atoms with E-state index in [0.29, 0.717) is 17.2 Å². The molecule has 0 bridgehead atoms. The molecule has 3 nitrogen and oxygen atoms in total. The van der Waals surface area contributed by atoms with E-state index in [2.05, 4.69) is 6.07 Å². The van der Waals surface area contributed by atoms with Crippen molar-refractivity contribution in [1.82, 2.24) is 0 Å². The molecule has 2 aromatic rings. The Morgan fingerprint density at radius 2 is 2.10 bits per heavy atom. The summed E-state index contributed by atoms with van der Waals surface area (Å²) in [5.41, 5.74) is 3.16. The number of halogens is 1. The number of carbonyl (C=O) groups excluding carboxylic acids is 1. The van der Waals surface area contributed by atoms with E-state index in [1.54, 1.807) is 19.2 Å². The highest BCUT2D eigenvalue weighted by Crippen LogP contribution is 2.29. The zero-order chi connectivity index (χ0) is 14.8. The Morgan fingerprint density at radius 3 is 2.86 bits per heavy atom. The largest absolute Gasteiger partial charge is 0.495 e. The van der Waals surface area contributed by atoms with Gasteiger partial charge in [0.05, 0.1) is 18.6 Å². The van der Waals surface area contributed by atoms with Crippen LogP contribution in [0.2, 0.25) is 5.02 Å². The van der Waals surface area contributed by atoms with Crippen LogP contribution in [-0.2, 0) is 17.6 Å². The molecule has 0 radical (unpaired) electrons. The molecule has 21 heavy (non-hydrogen) atoms. The number of hydrogen-bond donors (Lipinski definition) is 0. The number of amides is 1. The van der Waals surface area contributed by atoms with Crippen LogP contribution in [0, 0.1) is 0 Å². The van der Waals surface area contributed by atoms with E-state index >= 15 is 0 Å².